The van der Waals surface area contributed by atoms with Crippen molar-refractivity contribution in [3.05, 3.63) is 69.7 Å². The SMILES string of the molecule is CCc1nc2ccc([N+](=O)[O-])cn2c1C(=O)NCc1ccc(OC(F)(F)F)cc1. The molecular formula is C18H15F3N4O4. The molecule has 1 N–H and O–H groups in total. The lowest BCUT2D eigenvalue weighted by molar-refractivity contribution is -0.385. The Morgan fingerprint density at radius 3 is 2.52 bits per heavy atom. The van der Waals surface area contributed by atoms with Crippen molar-refractivity contribution in [2.45, 2.75) is 26.3 Å². The number of carbonyl (C=O) groups is 1. The molecule has 152 valence electrons. The van der Waals surface area contributed by atoms with Gasteiger partial charge in [0.05, 0.1) is 16.8 Å². The Hall–Kier alpha value is -3.63. The molecule has 0 aliphatic carbocycles. The second kappa shape index (κ2) is 7.78. The van der Waals surface area contributed by atoms with Crippen molar-refractivity contribution in [2.75, 3.05) is 0 Å². The van der Waals surface area contributed by atoms with E-state index in [1.165, 1.54) is 34.9 Å². The Kier molecular flexibility index (Phi) is 5.39. The number of nitro groups is 1. The van der Waals surface area contributed by atoms with Crippen LogP contribution in [-0.2, 0) is 13.0 Å². The van der Waals surface area contributed by atoms with Crippen molar-refractivity contribution in [3.63, 3.8) is 0 Å². The summed E-state index contributed by atoms with van der Waals surface area (Å²) in [5, 5.41) is 13.7. The Bertz CT molecular complexity index is 1060. The molecule has 0 spiro atoms. The molecule has 0 radical (unpaired) electrons. The number of hydrogen-bond acceptors (Lipinski definition) is 5. The van der Waals surface area contributed by atoms with Gasteiger partial charge in [-0.2, -0.15) is 0 Å². The van der Waals surface area contributed by atoms with Crippen molar-refractivity contribution in [2.24, 2.45) is 0 Å². The highest BCUT2D eigenvalue weighted by molar-refractivity contribution is 5.94. The number of imidazole rings is 1. The Morgan fingerprint density at radius 2 is 1.93 bits per heavy atom. The number of carbonyl (C=O) groups excluding carboxylic acids is 1. The first-order valence-corrected chi connectivity index (χ1v) is 8.46. The first kappa shape index (κ1) is 20.1. The maximum absolute atomic E-state index is 12.7. The van der Waals surface area contributed by atoms with E-state index in [9.17, 15) is 28.1 Å². The molecule has 0 saturated heterocycles. The molecule has 2 aromatic heterocycles. The van der Waals surface area contributed by atoms with Crippen LogP contribution in [-0.4, -0.2) is 26.6 Å². The zero-order valence-corrected chi connectivity index (χ0v) is 15.1. The average molecular weight is 408 g/mol. The number of amides is 1. The van der Waals surface area contributed by atoms with Gasteiger partial charge in [-0.05, 0) is 30.2 Å². The quantitative estimate of drug-likeness (QED) is 0.496. The number of alkyl halides is 3. The molecule has 0 fully saturated rings. The predicted octanol–water partition coefficient (Wildman–Crippen LogP) is 3.63. The van der Waals surface area contributed by atoms with Gasteiger partial charge in [-0.1, -0.05) is 19.1 Å². The van der Waals surface area contributed by atoms with Crippen LogP contribution in [0, 0.1) is 10.1 Å². The second-order valence-electron chi connectivity index (χ2n) is 6.01. The zero-order chi connectivity index (χ0) is 21.2. The van der Waals surface area contributed by atoms with E-state index in [0.717, 1.165) is 12.1 Å². The monoisotopic (exact) mass is 408 g/mol. The van der Waals surface area contributed by atoms with Gasteiger partial charge >= 0.3 is 6.36 Å². The van der Waals surface area contributed by atoms with Gasteiger partial charge in [0.1, 0.15) is 17.1 Å². The fourth-order valence-electron chi connectivity index (χ4n) is 2.75. The number of fused-ring (bicyclic) bond motifs is 1. The van der Waals surface area contributed by atoms with Gasteiger partial charge in [-0.25, -0.2) is 4.98 Å². The van der Waals surface area contributed by atoms with Crippen LogP contribution in [0.15, 0.2) is 42.6 Å². The highest BCUT2D eigenvalue weighted by Gasteiger charge is 2.31. The van der Waals surface area contributed by atoms with E-state index in [0.29, 0.717) is 23.3 Å². The fourth-order valence-corrected chi connectivity index (χ4v) is 2.75. The number of pyridine rings is 1. The third kappa shape index (κ3) is 4.62. The van der Waals surface area contributed by atoms with Crippen LogP contribution >= 0.6 is 0 Å². The van der Waals surface area contributed by atoms with Crippen LogP contribution < -0.4 is 10.1 Å². The van der Waals surface area contributed by atoms with Crippen molar-refractivity contribution < 1.29 is 27.6 Å². The van der Waals surface area contributed by atoms with Crippen LogP contribution in [0.3, 0.4) is 0 Å². The van der Waals surface area contributed by atoms with E-state index in [4.69, 9.17) is 0 Å². The van der Waals surface area contributed by atoms with Crippen LogP contribution in [0.4, 0.5) is 18.9 Å². The molecule has 29 heavy (non-hydrogen) atoms. The van der Waals surface area contributed by atoms with Crippen molar-refractivity contribution in [1.82, 2.24) is 14.7 Å². The highest BCUT2D eigenvalue weighted by Crippen LogP contribution is 2.23. The molecule has 0 unspecified atom stereocenters. The Morgan fingerprint density at radius 1 is 1.24 bits per heavy atom. The van der Waals surface area contributed by atoms with Crippen LogP contribution in [0.2, 0.25) is 0 Å². The number of nitrogens with one attached hydrogen (secondary N) is 1. The summed E-state index contributed by atoms with van der Waals surface area (Å²) in [5.41, 5.74) is 1.39. The number of halogens is 3. The van der Waals surface area contributed by atoms with Crippen molar-refractivity contribution >= 4 is 17.2 Å². The molecule has 2 heterocycles. The van der Waals surface area contributed by atoms with Gasteiger partial charge in [0.25, 0.3) is 11.6 Å². The molecule has 3 rings (SSSR count). The predicted molar refractivity (Wildman–Crippen MR) is 95.5 cm³/mol. The Balaban J connectivity index is 1.79. The van der Waals surface area contributed by atoms with Gasteiger partial charge in [0.2, 0.25) is 0 Å². The van der Waals surface area contributed by atoms with Gasteiger partial charge in [0, 0.05) is 12.6 Å². The molecule has 1 aromatic carbocycles. The fraction of sp³-hybridized carbons (Fsp3) is 0.222. The van der Waals surface area contributed by atoms with Gasteiger partial charge < -0.3 is 10.1 Å². The lowest BCUT2D eigenvalue weighted by Gasteiger charge is -2.10. The highest BCUT2D eigenvalue weighted by atomic mass is 19.4. The number of aryl methyl sites for hydroxylation is 1. The number of rotatable bonds is 6. The lowest BCUT2D eigenvalue weighted by atomic mass is 10.2. The number of benzene rings is 1. The summed E-state index contributed by atoms with van der Waals surface area (Å²) in [4.78, 5) is 27.4. The third-order valence-electron chi connectivity index (χ3n) is 4.05. The van der Waals surface area contributed by atoms with E-state index in [-0.39, 0.29) is 23.7 Å². The molecule has 0 aliphatic heterocycles. The van der Waals surface area contributed by atoms with Crippen molar-refractivity contribution in [3.8, 4) is 5.75 Å². The number of hydrogen-bond donors (Lipinski definition) is 1. The van der Waals surface area contributed by atoms with Gasteiger partial charge in [-0.3, -0.25) is 19.3 Å². The standard InChI is InChI=1S/C18H15F3N4O4/c1-2-14-16(24-10-12(25(27)28)5-8-15(24)23-14)17(26)22-9-11-3-6-13(7-4-11)29-18(19,20)21/h3-8,10H,2,9H2,1H3,(H,22,26). The number of ether oxygens (including phenoxy) is 1. The summed E-state index contributed by atoms with van der Waals surface area (Å²) in [5.74, 6) is -0.875. The van der Waals surface area contributed by atoms with E-state index >= 15 is 0 Å². The molecule has 0 atom stereocenters. The minimum Gasteiger partial charge on any atom is -0.406 e. The zero-order valence-electron chi connectivity index (χ0n) is 15.1. The molecule has 11 heteroatoms. The molecule has 3 aromatic rings. The first-order chi connectivity index (χ1) is 13.7. The molecule has 8 nitrogen and oxygen atoms in total. The van der Waals surface area contributed by atoms with E-state index in [2.05, 4.69) is 15.0 Å². The van der Waals surface area contributed by atoms with E-state index in [1.807, 2.05) is 0 Å². The van der Waals surface area contributed by atoms with Gasteiger partial charge in [0.15, 0.2) is 0 Å². The van der Waals surface area contributed by atoms with E-state index in [1.54, 1.807) is 6.92 Å². The normalized spacial score (nSPS) is 11.4. The minimum atomic E-state index is -4.78. The summed E-state index contributed by atoms with van der Waals surface area (Å²) in [7, 11) is 0. The summed E-state index contributed by atoms with van der Waals surface area (Å²) >= 11 is 0. The first-order valence-electron chi connectivity index (χ1n) is 8.46. The van der Waals surface area contributed by atoms with E-state index < -0.39 is 17.2 Å². The van der Waals surface area contributed by atoms with Gasteiger partial charge in [-0.15, -0.1) is 13.2 Å². The minimum absolute atomic E-state index is 0.0381. The summed E-state index contributed by atoms with van der Waals surface area (Å²) in [6.45, 7) is 1.84. The summed E-state index contributed by atoms with van der Waals surface area (Å²) in [6, 6.07) is 7.82. The topological polar surface area (TPSA) is 98.8 Å². The summed E-state index contributed by atoms with van der Waals surface area (Å²) in [6.07, 6.45) is -3.13. The lowest BCUT2D eigenvalue weighted by Crippen LogP contribution is -2.25. The molecule has 0 bridgehead atoms. The number of nitrogens with zero attached hydrogens (tertiary/aromatic N) is 3. The summed E-state index contributed by atoms with van der Waals surface area (Å²) < 4.78 is 41.8. The molecular weight excluding hydrogens is 393 g/mol. The average Bonchev–Trinajstić information content (AvgIpc) is 3.03. The number of aromatic nitrogens is 2. The van der Waals surface area contributed by atoms with Crippen molar-refractivity contribution in [1.29, 1.82) is 0 Å². The Labute approximate surface area is 162 Å². The maximum atomic E-state index is 12.7. The smallest absolute Gasteiger partial charge is 0.406 e. The second-order valence-corrected chi connectivity index (χ2v) is 6.01. The van der Waals surface area contributed by atoms with Crippen LogP contribution in [0.5, 0.6) is 5.75 Å². The third-order valence-corrected chi connectivity index (χ3v) is 4.05. The van der Waals surface area contributed by atoms with Crippen LogP contribution in [0.25, 0.3) is 5.65 Å². The van der Waals surface area contributed by atoms with Crippen LogP contribution in [0.1, 0.15) is 28.7 Å². The molecule has 0 aliphatic rings. The maximum Gasteiger partial charge on any atom is 0.573 e. The molecule has 1 amide bonds. The molecule has 0 saturated carbocycles. The largest absolute Gasteiger partial charge is 0.573 e.